The van der Waals surface area contributed by atoms with Crippen molar-refractivity contribution in [2.45, 2.75) is 39.4 Å². The van der Waals surface area contributed by atoms with Gasteiger partial charge in [-0.05, 0) is 31.9 Å². The summed E-state index contributed by atoms with van der Waals surface area (Å²) in [4.78, 5) is 11.6. The summed E-state index contributed by atoms with van der Waals surface area (Å²) in [5, 5.41) is 7.00. The minimum Gasteiger partial charge on any atom is -0.352 e. The lowest BCUT2D eigenvalue weighted by atomic mass is 10.1. The highest BCUT2D eigenvalue weighted by Crippen LogP contribution is 2.18. The summed E-state index contributed by atoms with van der Waals surface area (Å²) in [7, 11) is 3.88. The van der Waals surface area contributed by atoms with Crippen molar-refractivity contribution in [3.8, 4) is 0 Å². The Balaban J connectivity index is 1.62. The van der Waals surface area contributed by atoms with Crippen LogP contribution in [-0.2, 0) is 13.6 Å². The van der Waals surface area contributed by atoms with Crippen molar-refractivity contribution >= 4 is 17.0 Å². The van der Waals surface area contributed by atoms with Crippen molar-refractivity contribution in [1.29, 1.82) is 0 Å². The molecule has 2 aromatic rings. The Hall–Kier alpha value is -2.08. The smallest absolute Gasteiger partial charge is 0.191 e. The van der Waals surface area contributed by atoms with Crippen LogP contribution in [0, 0.1) is 5.92 Å². The Morgan fingerprint density at radius 1 is 1.32 bits per heavy atom. The van der Waals surface area contributed by atoms with Gasteiger partial charge in [0.2, 0.25) is 0 Å². The van der Waals surface area contributed by atoms with Gasteiger partial charge in [0.15, 0.2) is 5.96 Å². The van der Waals surface area contributed by atoms with E-state index in [-0.39, 0.29) is 0 Å². The number of aliphatic imine (C=N–C) groups is 1. The second-order valence-electron chi connectivity index (χ2n) is 7.28. The first kappa shape index (κ1) is 17.7. The van der Waals surface area contributed by atoms with Crippen LogP contribution in [0.25, 0.3) is 11.0 Å². The average Bonchev–Trinajstić information content (AvgIpc) is 3.12. The highest BCUT2D eigenvalue weighted by Gasteiger charge is 2.31. The number of rotatable bonds is 4. The third-order valence-electron chi connectivity index (χ3n) is 5.21. The van der Waals surface area contributed by atoms with Crippen LogP contribution in [0.3, 0.4) is 0 Å². The van der Waals surface area contributed by atoms with Gasteiger partial charge in [0.05, 0.1) is 17.6 Å². The van der Waals surface area contributed by atoms with Gasteiger partial charge in [-0.25, -0.2) is 4.98 Å². The van der Waals surface area contributed by atoms with E-state index in [9.17, 15) is 0 Å². The minimum absolute atomic E-state index is 0.425. The second kappa shape index (κ2) is 7.44. The lowest BCUT2D eigenvalue weighted by molar-refractivity contribution is 0.265. The molecule has 2 heterocycles. The van der Waals surface area contributed by atoms with E-state index in [1.807, 2.05) is 25.2 Å². The standard InChI is InChI=1S/C19H30N6/c1-13(2)25-11-14(3)16(12-25)23-19(20-4)21-10-18-22-15-8-6-7-9-17(15)24(18)5/h6-9,13-14,16H,10-12H2,1-5H3,(H2,20,21,23). The van der Waals surface area contributed by atoms with Crippen LogP contribution in [0.2, 0.25) is 0 Å². The first-order chi connectivity index (χ1) is 12.0. The van der Waals surface area contributed by atoms with Crippen LogP contribution in [0.4, 0.5) is 0 Å². The molecular formula is C19H30N6. The summed E-state index contributed by atoms with van der Waals surface area (Å²) >= 11 is 0. The molecule has 136 valence electrons. The van der Waals surface area contributed by atoms with Crippen molar-refractivity contribution in [3.05, 3.63) is 30.1 Å². The Kier molecular flexibility index (Phi) is 5.27. The molecule has 1 aliphatic rings. The molecule has 0 amide bonds. The molecule has 2 atom stereocenters. The number of aryl methyl sites for hydroxylation is 1. The third-order valence-corrected chi connectivity index (χ3v) is 5.21. The first-order valence-corrected chi connectivity index (χ1v) is 9.11. The highest BCUT2D eigenvalue weighted by molar-refractivity contribution is 5.80. The minimum atomic E-state index is 0.425. The van der Waals surface area contributed by atoms with Gasteiger partial charge in [0, 0.05) is 39.3 Å². The zero-order valence-corrected chi connectivity index (χ0v) is 16.0. The summed E-state index contributed by atoms with van der Waals surface area (Å²) in [5.74, 6) is 2.46. The topological polar surface area (TPSA) is 57.5 Å². The molecule has 1 fully saturated rings. The van der Waals surface area contributed by atoms with E-state index in [2.05, 4.69) is 59.0 Å². The quantitative estimate of drug-likeness (QED) is 0.659. The van der Waals surface area contributed by atoms with Gasteiger partial charge in [-0.15, -0.1) is 0 Å². The van der Waals surface area contributed by atoms with Crippen LogP contribution in [-0.4, -0.2) is 52.6 Å². The molecule has 0 spiro atoms. The summed E-state index contributed by atoms with van der Waals surface area (Å²) in [6, 6.07) is 9.23. The number of imidazole rings is 1. The SMILES string of the molecule is CN=C(NCc1nc2ccccc2n1C)NC1CN(C(C)C)CC1C. The largest absolute Gasteiger partial charge is 0.352 e. The fraction of sp³-hybridized carbons (Fsp3) is 0.579. The van der Waals surface area contributed by atoms with Gasteiger partial charge >= 0.3 is 0 Å². The number of aromatic nitrogens is 2. The number of para-hydroxylation sites is 2. The van der Waals surface area contributed by atoms with Crippen LogP contribution in [0.15, 0.2) is 29.3 Å². The number of benzene rings is 1. The Labute approximate surface area is 150 Å². The average molecular weight is 342 g/mol. The number of nitrogens with one attached hydrogen (secondary N) is 2. The monoisotopic (exact) mass is 342 g/mol. The number of nitrogens with zero attached hydrogens (tertiary/aromatic N) is 4. The van der Waals surface area contributed by atoms with Crippen molar-refractivity contribution in [2.75, 3.05) is 20.1 Å². The number of likely N-dealkylation sites (tertiary alicyclic amines) is 1. The molecule has 0 saturated carbocycles. The third kappa shape index (κ3) is 3.79. The maximum absolute atomic E-state index is 4.71. The number of guanidine groups is 1. The van der Waals surface area contributed by atoms with E-state index in [0.717, 1.165) is 35.9 Å². The van der Waals surface area contributed by atoms with Gasteiger partial charge in [-0.2, -0.15) is 0 Å². The fourth-order valence-electron chi connectivity index (χ4n) is 3.50. The molecule has 1 saturated heterocycles. The highest BCUT2D eigenvalue weighted by atomic mass is 15.3. The van der Waals surface area contributed by atoms with Crippen LogP contribution in [0.5, 0.6) is 0 Å². The molecule has 0 radical (unpaired) electrons. The maximum Gasteiger partial charge on any atom is 0.191 e. The molecular weight excluding hydrogens is 312 g/mol. The van der Waals surface area contributed by atoms with Crippen LogP contribution in [0.1, 0.15) is 26.6 Å². The molecule has 2 N–H and O–H groups in total. The van der Waals surface area contributed by atoms with E-state index < -0.39 is 0 Å². The predicted octanol–water partition coefficient (Wildman–Crippen LogP) is 1.97. The van der Waals surface area contributed by atoms with Crippen molar-refractivity contribution < 1.29 is 0 Å². The molecule has 2 unspecified atom stereocenters. The lowest BCUT2D eigenvalue weighted by Crippen LogP contribution is -2.46. The van der Waals surface area contributed by atoms with Crippen molar-refractivity contribution in [3.63, 3.8) is 0 Å². The normalized spacial score (nSPS) is 22.1. The van der Waals surface area contributed by atoms with Crippen molar-refractivity contribution in [1.82, 2.24) is 25.1 Å². The Morgan fingerprint density at radius 3 is 2.72 bits per heavy atom. The molecule has 1 aliphatic heterocycles. The maximum atomic E-state index is 4.71. The van der Waals surface area contributed by atoms with Crippen molar-refractivity contribution in [2.24, 2.45) is 18.0 Å². The fourth-order valence-corrected chi connectivity index (χ4v) is 3.50. The summed E-state index contributed by atoms with van der Waals surface area (Å²) in [6.45, 7) is 9.67. The van der Waals surface area contributed by atoms with Gasteiger partial charge in [-0.3, -0.25) is 9.89 Å². The number of fused-ring (bicyclic) bond motifs is 1. The van der Waals surface area contributed by atoms with E-state index >= 15 is 0 Å². The van der Waals surface area contributed by atoms with Crippen LogP contribution < -0.4 is 10.6 Å². The van der Waals surface area contributed by atoms with Gasteiger partial charge in [0.1, 0.15) is 5.82 Å². The molecule has 6 nitrogen and oxygen atoms in total. The molecule has 0 bridgehead atoms. The number of hydrogen-bond donors (Lipinski definition) is 2. The molecule has 1 aromatic heterocycles. The Morgan fingerprint density at radius 2 is 2.08 bits per heavy atom. The Bertz CT molecular complexity index is 747. The first-order valence-electron chi connectivity index (χ1n) is 9.11. The van der Waals surface area contributed by atoms with Gasteiger partial charge < -0.3 is 15.2 Å². The predicted molar refractivity (Wildman–Crippen MR) is 104 cm³/mol. The molecule has 25 heavy (non-hydrogen) atoms. The zero-order chi connectivity index (χ0) is 18.0. The van der Waals surface area contributed by atoms with E-state index in [1.54, 1.807) is 0 Å². The van der Waals surface area contributed by atoms with Gasteiger partial charge in [-0.1, -0.05) is 19.1 Å². The summed E-state index contributed by atoms with van der Waals surface area (Å²) in [6.07, 6.45) is 0. The number of hydrogen-bond acceptors (Lipinski definition) is 3. The summed E-state index contributed by atoms with van der Waals surface area (Å²) in [5.41, 5.74) is 2.18. The molecule has 0 aliphatic carbocycles. The molecule has 3 rings (SSSR count). The molecule has 1 aromatic carbocycles. The van der Waals surface area contributed by atoms with E-state index in [1.165, 1.54) is 0 Å². The van der Waals surface area contributed by atoms with E-state index in [0.29, 0.717) is 24.5 Å². The summed E-state index contributed by atoms with van der Waals surface area (Å²) < 4.78 is 2.13. The lowest BCUT2D eigenvalue weighted by Gasteiger charge is -2.21. The van der Waals surface area contributed by atoms with Crippen LogP contribution >= 0.6 is 0 Å². The van der Waals surface area contributed by atoms with E-state index in [4.69, 9.17) is 4.98 Å². The zero-order valence-electron chi connectivity index (χ0n) is 16.0. The van der Waals surface area contributed by atoms with Gasteiger partial charge in [0.25, 0.3) is 0 Å². The second-order valence-corrected chi connectivity index (χ2v) is 7.28. The molecule has 6 heteroatoms.